The van der Waals surface area contributed by atoms with E-state index >= 15 is 0 Å². The van der Waals surface area contributed by atoms with Crippen LogP contribution >= 0.6 is 11.3 Å². The third-order valence-corrected chi connectivity index (χ3v) is 5.04. The lowest BCUT2D eigenvalue weighted by atomic mass is 10.1. The van der Waals surface area contributed by atoms with Crippen LogP contribution in [0.25, 0.3) is 20.2 Å². The van der Waals surface area contributed by atoms with Gasteiger partial charge in [0.15, 0.2) is 9.84 Å². The van der Waals surface area contributed by atoms with Gasteiger partial charge in [-0.15, -0.1) is 11.3 Å². The minimum absolute atomic E-state index is 0.383. The lowest BCUT2D eigenvalue weighted by molar-refractivity contribution is 0.602. The van der Waals surface area contributed by atoms with Crippen molar-refractivity contribution < 1.29 is 8.42 Å². The van der Waals surface area contributed by atoms with E-state index in [2.05, 4.69) is 6.07 Å². The lowest BCUT2D eigenvalue weighted by Gasteiger charge is -1.98. The van der Waals surface area contributed by atoms with Gasteiger partial charge < -0.3 is 0 Å². The molecule has 0 aliphatic rings. The van der Waals surface area contributed by atoms with Crippen molar-refractivity contribution in [1.82, 2.24) is 0 Å². The van der Waals surface area contributed by atoms with Gasteiger partial charge >= 0.3 is 0 Å². The first kappa shape index (κ1) is 10.7. The average Bonchev–Trinajstić information content (AvgIpc) is 2.65. The smallest absolute Gasteiger partial charge is 0.175 e. The summed E-state index contributed by atoms with van der Waals surface area (Å²) in [5, 5.41) is 2.14. The molecule has 3 aromatic rings. The highest BCUT2D eigenvalue weighted by Gasteiger charge is 2.10. The molecule has 0 atom stereocenters. The summed E-state index contributed by atoms with van der Waals surface area (Å²) >= 11 is 1.69. The summed E-state index contributed by atoms with van der Waals surface area (Å²) in [4.78, 5) is 0.383. The average molecular weight is 262 g/mol. The molecule has 3 rings (SSSR count). The normalized spacial score (nSPS) is 12.3. The van der Waals surface area contributed by atoms with Crippen molar-refractivity contribution in [2.45, 2.75) is 4.90 Å². The number of sulfone groups is 1. The second-order valence-electron chi connectivity index (χ2n) is 4.03. The molecule has 1 aromatic heterocycles. The third-order valence-electron chi connectivity index (χ3n) is 2.78. The molecule has 1 heterocycles. The first-order valence-corrected chi connectivity index (χ1v) is 7.88. The molecule has 0 radical (unpaired) electrons. The van der Waals surface area contributed by atoms with Gasteiger partial charge in [0.05, 0.1) is 4.90 Å². The van der Waals surface area contributed by atoms with Crippen molar-refractivity contribution in [2.24, 2.45) is 0 Å². The number of thiophene rings is 1. The van der Waals surface area contributed by atoms with Crippen molar-refractivity contribution in [3.05, 3.63) is 42.5 Å². The van der Waals surface area contributed by atoms with Crippen molar-refractivity contribution in [3.8, 4) is 0 Å². The minimum atomic E-state index is -3.14. The Bertz CT molecular complexity index is 814. The summed E-state index contributed by atoms with van der Waals surface area (Å²) in [6.45, 7) is 0. The Hall–Kier alpha value is -1.39. The highest BCUT2D eigenvalue weighted by Crippen LogP contribution is 2.34. The fourth-order valence-electron chi connectivity index (χ4n) is 1.94. The molecule has 0 aliphatic heterocycles. The Kier molecular flexibility index (Phi) is 2.24. The Morgan fingerprint density at radius 3 is 2.41 bits per heavy atom. The van der Waals surface area contributed by atoms with E-state index in [-0.39, 0.29) is 0 Å². The number of benzene rings is 2. The monoisotopic (exact) mass is 262 g/mol. The zero-order chi connectivity index (χ0) is 12.0. The van der Waals surface area contributed by atoms with Crippen LogP contribution in [0.2, 0.25) is 0 Å². The van der Waals surface area contributed by atoms with Crippen LogP contribution < -0.4 is 0 Å². The summed E-state index contributed by atoms with van der Waals surface area (Å²) in [6, 6.07) is 13.4. The van der Waals surface area contributed by atoms with E-state index in [0.29, 0.717) is 4.90 Å². The Labute approximate surface area is 103 Å². The standard InChI is InChI=1S/C13H10O2S2/c1-17(14,15)9-6-7-13-11(8-9)10-4-2-3-5-12(10)16-13/h2-8H,1H3. The maximum atomic E-state index is 11.5. The molecule has 0 aliphatic carbocycles. The fourth-order valence-corrected chi connectivity index (χ4v) is 3.67. The van der Waals surface area contributed by atoms with Gasteiger partial charge in [-0.2, -0.15) is 0 Å². The Morgan fingerprint density at radius 2 is 1.65 bits per heavy atom. The molecule has 0 N–H and O–H groups in total. The van der Waals surface area contributed by atoms with Crippen LogP contribution in [-0.4, -0.2) is 14.7 Å². The molecule has 0 saturated carbocycles. The van der Waals surface area contributed by atoms with E-state index in [9.17, 15) is 8.42 Å². The van der Waals surface area contributed by atoms with Crippen LogP contribution in [-0.2, 0) is 9.84 Å². The van der Waals surface area contributed by atoms with Crippen LogP contribution in [0.1, 0.15) is 0 Å². The maximum Gasteiger partial charge on any atom is 0.175 e. The Morgan fingerprint density at radius 1 is 0.941 bits per heavy atom. The first-order valence-electron chi connectivity index (χ1n) is 5.17. The van der Waals surface area contributed by atoms with E-state index in [1.807, 2.05) is 24.3 Å². The van der Waals surface area contributed by atoms with E-state index in [0.717, 1.165) is 15.5 Å². The first-order chi connectivity index (χ1) is 8.05. The van der Waals surface area contributed by atoms with E-state index in [1.54, 1.807) is 23.5 Å². The molecular weight excluding hydrogens is 252 g/mol. The molecule has 17 heavy (non-hydrogen) atoms. The number of fused-ring (bicyclic) bond motifs is 3. The van der Waals surface area contributed by atoms with Gasteiger partial charge in [0.25, 0.3) is 0 Å². The number of rotatable bonds is 1. The van der Waals surface area contributed by atoms with Crippen LogP contribution in [0.3, 0.4) is 0 Å². The number of hydrogen-bond acceptors (Lipinski definition) is 3. The molecule has 0 fully saturated rings. The molecular formula is C13H10O2S2. The van der Waals surface area contributed by atoms with Crippen LogP contribution in [0.4, 0.5) is 0 Å². The molecule has 0 unspecified atom stereocenters. The molecule has 2 aromatic carbocycles. The second-order valence-corrected chi connectivity index (χ2v) is 7.13. The van der Waals surface area contributed by atoms with Crippen LogP contribution in [0.5, 0.6) is 0 Å². The highest BCUT2D eigenvalue weighted by atomic mass is 32.2. The van der Waals surface area contributed by atoms with Gasteiger partial charge in [0.2, 0.25) is 0 Å². The van der Waals surface area contributed by atoms with Crippen molar-refractivity contribution >= 4 is 41.3 Å². The van der Waals surface area contributed by atoms with Gasteiger partial charge in [0, 0.05) is 26.4 Å². The zero-order valence-corrected chi connectivity index (χ0v) is 10.8. The summed E-state index contributed by atoms with van der Waals surface area (Å²) in [7, 11) is -3.14. The van der Waals surface area contributed by atoms with Crippen LogP contribution in [0, 0.1) is 0 Å². The molecule has 0 saturated heterocycles. The quantitative estimate of drug-likeness (QED) is 0.673. The van der Waals surface area contributed by atoms with Crippen molar-refractivity contribution in [2.75, 3.05) is 6.26 Å². The minimum Gasteiger partial charge on any atom is -0.224 e. The van der Waals surface area contributed by atoms with E-state index in [4.69, 9.17) is 0 Å². The topological polar surface area (TPSA) is 34.1 Å². The van der Waals surface area contributed by atoms with Gasteiger partial charge in [-0.3, -0.25) is 0 Å². The van der Waals surface area contributed by atoms with Gasteiger partial charge in [0.1, 0.15) is 0 Å². The van der Waals surface area contributed by atoms with Gasteiger partial charge in [-0.1, -0.05) is 18.2 Å². The lowest BCUT2D eigenvalue weighted by Crippen LogP contribution is -1.95. The van der Waals surface area contributed by atoms with Gasteiger partial charge in [-0.25, -0.2) is 8.42 Å². The van der Waals surface area contributed by atoms with Crippen molar-refractivity contribution in [1.29, 1.82) is 0 Å². The SMILES string of the molecule is CS(=O)(=O)c1ccc2sc3ccccc3c2c1. The summed E-state index contributed by atoms with van der Waals surface area (Å²) in [6.07, 6.45) is 1.24. The predicted octanol–water partition coefficient (Wildman–Crippen LogP) is 3.46. The maximum absolute atomic E-state index is 11.5. The predicted molar refractivity (Wildman–Crippen MR) is 72.4 cm³/mol. The van der Waals surface area contributed by atoms with Gasteiger partial charge in [-0.05, 0) is 24.3 Å². The second kappa shape index (κ2) is 3.55. The zero-order valence-electron chi connectivity index (χ0n) is 9.17. The third kappa shape index (κ3) is 1.73. The summed E-state index contributed by atoms with van der Waals surface area (Å²) < 4.78 is 25.4. The Balaban J connectivity index is 2.46. The molecule has 4 heteroatoms. The highest BCUT2D eigenvalue weighted by molar-refractivity contribution is 7.90. The number of hydrogen-bond donors (Lipinski definition) is 0. The van der Waals surface area contributed by atoms with E-state index < -0.39 is 9.84 Å². The molecule has 86 valence electrons. The van der Waals surface area contributed by atoms with E-state index in [1.165, 1.54) is 11.0 Å². The molecule has 2 nitrogen and oxygen atoms in total. The molecule has 0 amide bonds. The molecule has 0 bridgehead atoms. The summed E-state index contributed by atoms with van der Waals surface area (Å²) in [5.74, 6) is 0. The van der Waals surface area contributed by atoms with Crippen molar-refractivity contribution in [3.63, 3.8) is 0 Å². The molecule has 0 spiro atoms. The summed E-state index contributed by atoms with van der Waals surface area (Å²) in [5.41, 5.74) is 0. The largest absolute Gasteiger partial charge is 0.224 e. The fraction of sp³-hybridized carbons (Fsp3) is 0.0769. The van der Waals surface area contributed by atoms with Crippen LogP contribution in [0.15, 0.2) is 47.4 Å².